The standard InChI is InChI=1S/C15H19NO4S/c1-2-15(9-4-10-15)16-21(19,20)13-6-3-5-12(11-13)7-8-14(17)18/h3,5-8,11,16H,2,4,9-10H2,1H3,(H,17,18)/b8-7+. The second-order valence-corrected chi connectivity index (χ2v) is 7.02. The number of carboxylic acid groups (broad SMARTS) is 1. The Morgan fingerprint density at radius 3 is 2.67 bits per heavy atom. The minimum atomic E-state index is -3.58. The third-order valence-corrected chi connectivity index (χ3v) is 5.50. The summed E-state index contributed by atoms with van der Waals surface area (Å²) in [5.74, 6) is -1.07. The molecule has 114 valence electrons. The van der Waals surface area contributed by atoms with Gasteiger partial charge in [-0.25, -0.2) is 17.9 Å². The van der Waals surface area contributed by atoms with Crippen molar-refractivity contribution in [2.75, 3.05) is 0 Å². The molecular formula is C15H19NO4S. The third-order valence-electron chi connectivity index (χ3n) is 3.93. The summed E-state index contributed by atoms with van der Waals surface area (Å²) in [5, 5.41) is 8.61. The van der Waals surface area contributed by atoms with E-state index in [1.807, 2.05) is 6.92 Å². The SMILES string of the molecule is CCC1(NS(=O)(=O)c2cccc(/C=C/C(=O)O)c2)CCC1. The van der Waals surface area contributed by atoms with Crippen LogP contribution in [0.1, 0.15) is 38.2 Å². The van der Waals surface area contributed by atoms with Gasteiger partial charge in [0.2, 0.25) is 10.0 Å². The number of hydrogen-bond donors (Lipinski definition) is 2. The molecule has 0 radical (unpaired) electrons. The third kappa shape index (κ3) is 3.71. The average Bonchev–Trinajstić information content (AvgIpc) is 2.41. The largest absolute Gasteiger partial charge is 0.478 e. The minimum absolute atomic E-state index is 0.162. The zero-order chi connectivity index (χ0) is 15.5. The number of carboxylic acids is 1. The van der Waals surface area contributed by atoms with Gasteiger partial charge in [0.15, 0.2) is 0 Å². The first-order chi connectivity index (χ1) is 9.87. The Labute approximate surface area is 124 Å². The van der Waals surface area contributed by atoms with Gasteiger partial charge in [-0.2, -0.15) is 0 Å². The maximum absolute atomic E-state index is 12.4. The van der Waals surface area contributed by atoms with Crippen molar-refractivity contribution in [2.24, 2.45) is 0 Å². The first-order valence-corrected chi connectivity index (χ1v) is 8.40. The van der Waals surface area contributed by atoms with Gasteiger partial charge in [-0.15, -0.1) is 0 Å². The second-order valence-electron chi connectivity index (χ2n) is 5.34. The number of rotatable bonds is 6. The van der Waals surface area contributed by atoms with E-state index in [2.05, 4.69) is 4.72 Å². The number of aliphatic carboxylic acids is 1. The molecule has 0 saturated heterocycles. The Kier molecular flexibility index (Phi) is 4.49. The molecule has 5 nitrogen and oxygen atoms in total. The second kappa shape index (κ2) is 5.99. The van der Waals surface area contributed by atoms with E-state index in [0.29, 0.717) is 5.56 Å². The summed E-state index contributed by atoms with van der Waals surface area (Å²) in [7, 11) is -3.58. The fraction of sp³-hybridized carbons (Fsp3) is 0.400. The molecule has 1 aliphatic carbocycles. The smallest absolute Gasteiger partial charge is 0.328 e. The van der Waals surface area contributed by atoms with E-state index in [-0.39, 0.29) is 10.4 Å². The zero-order valence-corrected chi connectivity index (χ0v) is 12.7. The van der Waals surface area contributed by atoms with Gasteiger partial charge in [-0.3, -0.25) is 0 Å². The predicted molar refractivity (Wildman–Crippen MR) is 80.3 cm³/mol. The molecule has 1 fully saturated rings. The first kappa shape index (κ1) is 15.7. The van der Waals surface area contributed by atoms with Crippen molar-refractivity contribution >= 4 is 22.1 Å². The van der Waals surface area contributed by atoms with Gasteiger partial charge < -0.3 is 5.11 Å². The molecular weight excluding hydrogens is 290 g/mol. The van der Waals surface area contributed by atoms with Crippen LogP contribution in [0.2, 0.25) is 0 Å². The van der Waals surface area contributed by atoms with Crippen LogP contribution in [0, 0.1) is 0 Å². The molecule has 2 N–H and O–H groups in total. The highest BCUT2D eigenvalue weighted by Gasteiger charge is 2.39. The van der Waals surface area contributed by atoms with E-state index in [0.717, 1.165) is 31.8 Å². The van der Waals surface area contributed by atoms with Gasteiger partial charge in [-0.05, 0) is 49.5 Å². The fourth-order valence-electron chi connectivity index (χ4n) is 2.43. The quantitative estimate of drug-likeness (QED) is 0.790. The number of nitrogens with one attached hydrogen (secondary N) is 1. The predicted octanol–water partition coefficient (Wildman–Crippen LogP) is 2.40. The molecule has 1 saturated carbocycles. The highest BCUT2D eigenvalue weighted by Crippen LogP contribution is 2.36. The number of benzene rings is 1. The topological polar surface area (TPSA) is 83.5 Å². The lowest BCUT2D eigenvalue weighted by Crippen LogP contribution is -2.52. The zero-order valence-electron chi connectivity index (χ0n) is 11.9. The van der Waals surface area contributed by atoms with Gasteiger partial charge in [-0.1, -0.05) is 19.1 Å². The lowest BCUT2D eigenvalue weighted by molar-refractivity contribution is -0.131. The normalized spacial score (nSPS) is 17.6. The van der Waals surface area contributed by atoms with Crippen LogP contribution >= 0.6 is 0 Å². The van der Waals surface area contributed by atoms with Crippen LogP contribution in [0.25, 0.3) is 6.08 Å². The summed E-state index contributed by atoms with van der Waals surface area (Å²) >= 11 is 0. The summed E-state index contributed by atoms with van der Waals surface area (Å²) < 4.78 is 27.7. The minimum Gasteiger partial charge on any atom is -0.478 e. The summed E-state index contributed by atoms with van der Waals surface area (Å²) in [6.07, 6.45) is 5.89. The van der Waals surface area contributed by atoms with Gasteiger partial charge >= 0.3 is 5.97 Å². The summed E-state index contributed by atoms with van der Waals surface area (Å²) in [4.78, 5) is 10.7. The molecule has 0 aliphatic heterocycles. The summed E-state index contributed by atoms with van der Waals surface area (Å²) in [6.45, 7) is 1.98. The Morgan fingerprint density at radius 2 is 2.14 bits per heavy atom. The Balaban J connectivity index is 2.24. The molecule has 1 aromatic rings. The summed E-state index contributed by atoms with van der Waals surface area (Å²) in [6, 6.07) is 6.26. The molecule has 1 aliphatic rings. The number of carbonyl (C=O) groups is 1. The van der Waals surface area contributed by atoms with Crippen LogP contribution in [-0.4, -0.2) is 25.0 Å². The van der Waals surface area contributed by atoms with Crippen LogP contribution < -0.4 is 4.72 Å². The lowest BCUT2D eigenvalue weighted by atomic mass is 9.76. The van der Waals surface area contributed by atoms with E-state index in [1.165, 1.54) is 18.2 Å². The summed E-state index contributed by atoms with van der Waals surface area (Å²) in [5.41, 5.74) is 0.227. The molecule has 0 aromatic heterocycles. The molecule has 2 rings (SSSR count). The number of sulfonamides is 1. The van der Waals surface area contributed by atoms with E-state index >= 15 is 0 Å². The van der Waals surface area contributed by atoms with E-state index in [4.69, 9.17) is 5.11 Å². The molecule has 0 heterocycles. The van der Waals surface area contributed by atoms with Gasteiger partial charge in [0.1, 0.15) is 0 Å². The van der Waals surface area contributed by atoms with Crippen molar-refractivity contribution in [3.8, 4) is 0 Å². The van der Waals surface area contributed by atoms with E-state index in [1.54, 1.807) is 12.1 Å². The van der Waals surface area contributed by atoms with Crippen LogP contribution in [0.5, 0.6) is 0 Å². The van der Waals surface area contributed by atoms with Gasteiger partial charge in [0.25, 0.3) is 0 Å². The van der Waals surface area contributed by atoms with Crippen molar-refractivity contribution in [3.05, 3.63) is 35.9 Å². The Hall–Kier alpha value is -1.66. The van der Waals surface area contributed by atoms with Crippen LogP contribution in [0.4, 0.5) is 0 Å². The molecule has 0 spiro atoms. The maximum atomic E-state index is 12.4. The van der Waals surface area contributed by atoms with Crippen molar-refractivity contribution in [3.63, 3.8) is 0 Å². The number of hydrogen-bond acceptors (Lipinski definition) is 3. The van der Waals surface area contributed by atoms with E-state index in [9.17, 15) is 13.2 Å². The van der Waals surface area contributed by atoms with Gasteiger partial charge in [0.05, 0.1) is 4.90 Å². The maximum Gasteiger partial charge on any atom is 0.328 e. The average molecular weight is 309 g/mol. The van der Waals surface area contributed by atoms with Crippen molar-refractivity contribution in [2.45, 2.75) is 43.0 Å². The Bertz CT molecular complexity index is 654. The molecule has 1 aromatic carbocycles. The fourth-order valence-corrected chi connectivity index (χ4v) is 4.01. The molecule has 0 bridgehead atoms. The first-order valence-electron chi connectivity index (χ1n) is 6.92. The van der Waals surface area contributed by atoms with Crippen LogP contribution in [0.15, 0.2) is 35.2 Å². The van der Waals surface area contributed by atoms with Crippen molar-refractivity contribution < 1.29 is 18.3 Å². The highest BCUT2D eigenvalue weighted by atomic mass is 32.2. The Morgan fingerprint density at radius 1 is 1.43 bits per heavy atom. The molecule has 0 amide bonds. The highest BCUT2D eigenvalue weighted by molar-refractivity contribution is 7.89. The van der Waals surface area contributed by atoms with Crippen molar-refractivity contribution in [1.82, 2.24) is 4.72 Å². The van der Waals surface area contributed by atoms with Crippen LogP contribution in [0.3, 0.4) is 0 Å². The monoisotopic (exact) mass is 309 g/mol. The van der Waals surface area contributed by atoms with Gasteiger partial charge in [0, 0.05) is 11.6 Å². The molecule has 6 heteroatoms. The lowest BCUT2D eigenvalue weighted by Gasteiger charge is -2.41. The molecule has 21 heavy (non-hydrogen) atoms. The van der Waals surface area contributed by atoms with Crippen LogP contribution in [-0.2, 0) is 14.8 Å². The van der Waals surface area contributed by atoms with Crippen molar-refractivity contribution in [1.29, 1.82) is 0 Å². The molecule has 0 unspecified atom stereocenters. The molecule has 0 atom stereocenters. The van der Waals surface area contributed by atoms with E-state index < -0.39 is 16.0 Å².